The third kappa shape index (κ3) is 7.68. The van der Waals surface area contributed by atoms with Crippen LogP contribution in [0.25, 0.3) is 0 Å². The molecule has 48 heavy (non-hydrogen) atoms. The summed E-state index contributed by atoms with van der Waals surface area (Å²) in [7, 11) is 0. The average Bonchev–Trinajstić information content (AvgIpc) is 3.09. The van der Waals surface area contributed by atoms with Crippen molar-refractivity contribution in [2.24, 2.45) is 5.92 Å². The summed E-state index contributed by atoms with van der Waals surface area (Å²) in [5, 5.41) is 6.07. The molecule has 0 unspecified atom stereocenters. The number of hydrogen-bond acceptors (Lipinski definition) is 6. The third-order valence-corrected chi connectivity index (χ3v) is 10.6. The first-order valence-corrected chi connectivity index (χ1v) is 17.2. The summed E-state index contributed by atoms with van der Waals surface area (Å²) in [6.07, 6.45) is -2.15. The van der Waals surface area contributed by atoms with Crippen LogP contribution in [-0.2, 0) is 28.7 Å². The van der Waals surface area contributed by atoms with Gasteiger partial charge in [0, 0.05) is 83.1 Å². The predicted octanol–water partition coefficient (Wildman–Crippen LogP) is 4.42. The molecular formula is C34H43ClF3N7O3. The Labute approximate surface area is 283 Å². The van der Waals surface area contributed by atoms with Crippen molar-refractivity contribution in [3.05, 3.63) is 58.1 Å². The van der Waals surface area contributed by atoms with Crippen molar-refractivity contribution < 1.29 is 27.6 Å². The van der Waals surface area contributed by atoms with E-state index in [4.69, 9.17) is 17.3 Å². The Hall–Kier alpha value is -3.55. The van der Waals surface area contributed by atoms with Crippen molar-refractivity contribution in [2.45, 2.75) is 63.3 Å². The van der Waals surface area contributed by atoms with Gasteiger partial charge in [-0.15, -0.1) is 0 Å². The zero-order valence-corrected chi connectivity index (χ0v) is 27.7. The number of piperazine rings is 1. The van der Waals surface area contributed by atoms with E-state index < -0.39 is 23.3 Å². The second-order valence-corrected chi connectivity index (χ2v) is 13.7. The van der Waals surface area contributed by atoms with E-state index in [1.54, 1.807) is 9.80 Å². The molecule has 6 rings (SSSR count). The van der Waals surface area contributed by atoms with Crippen LogP contribution in [0.2, 0.25) is 5.02 Å². The summed E-state index contributed by atoms with van der Waals surface area (Å²) in [4.78, 5) is 48.3. The molecule has 2 aromatic rings. The first-order valence-electron chi connectivity index (χ1n) is 16.8. The maximum absolute atomic E-state index is 14.0. The van der Waals surface area contributed by atoms with E-state index in [1.807, 2.05) is 29.2 Å². The van der Waals surface area contributed by atoms with Crippen LogP contribution in [0.5, 0.6) is 0 Å². The summed E-state index contributed by atoms with van der Waals surface area (Å²) in [6, 6.07) is 10.1. The fraction of sp³-hybridized carbons (Fsp3) is 0.559. The van der Waals surface area contributed by atoms with Gasteiger partial charge in [-0.2, -0.15) is 13.2 Å². The molecule has 3 fully saturated rings. The van der Waals surface area contributed by atoms with E-state index in [0.29, 0.717) is 51.6 Å². The summed E-state index contributed by atoms with van der Waals surface area (Å²) in [6.45, 7) is 6.17. The van der Waals surface area contributed by atoms with Gasteiger partial charge in [-0.1, -0.05) is 29.8 Å². The Balaban J connectivity index is 1.13. The van der Waals surface area contributed by atoms with Gasteiger partial charge in [-0.25, -0.2) is 4.79 Å². The number of amides is 4. The molecule has 0 spiro atoms. The van der Waals surface area contributed by atoms with Crippen LogP contribution in [0.3, 0.4) is 0 Å². The zero-order valence-electron chi connectivity index (χ0n) is 26.9. The number of fused-ring (bicyclic) bond motifs is 1. The molecule has 260 valence electrons. The van der Waals surface area contributed by atoms with Gasteiger partial charge in [0.1, 0.15) is 0 Å². The number of benzene rings is 2. The predicted molar refractivity (Wildman–Crippen MR) is 177 cm³/mol. The van der Waals surface area contributed by atoms with Crippen molar-refractivity contribution in [3.63, 3.8) is 0 Å². The monoisotopic (exact) mass is 689 g/mol. The van der Waals surface area contributed by atoms with Gasteiger partial charge < -0.3 is 31.1 Å². The lowest BCUT2D eigenvalue weighted by Gasteiger charge is -2.42. The molecule has 4 N–H and O–H groups in total. The van der Waals surface area contributed by atoms with Crippen molar-refractivity contribution in [2.75, 3.05) is 63.4 Å². The number of anilines is 2. The van der Waals surface area contributed by atoms with Gasteiger partial charge >= 0.3 is 12.2 Å². The molecule has 4 heterocycles. The van der Waals surface area contributed by atoms with Crippen molar-refractivity contribution in [1.82, 2.24) is 24.9 Å². The molecule has 10 nitrogen and oxygen atoms in total. The van der Waals surface area contributed by atoms with E-state index in [1.165, 1.54) is 6.07 Å². The smallest absolute Gasteiger partial charge is 0.397 e. The van der Waals surface area contributed by atoms with Crippen LogP contribution >= 0.6 is 11.6 Å². The van der Waals surface area contributed by atoms with E-state index in [2.05, 4.69) is 15.5 Å². The summed E-state index contributed by atoms with van der Waals surface area (Å²) < 4.78 is 41.4. The molecule has 0 saturated carbocycles. The first-order chi connectivity index (χ1) is 23.0. The van der Waals surface area contributed by atoms with Crippen LogP contribution in [0, 0.1) is 5.92 Å². The fourth-order valence-corrected chi connectivity index (χ4v) is 7.84. The summed E-state index contributed by atoms with van der Waals surface area (Å²) in [5.74, 6) is -1.33. The highest BCUT2D eigenvalue weighted by Gasteiger charge is 2.38. The van der Waals surface area contributed by atoms with E-state index in [9.17, 15) is 27.6 Å². The van der Waals surface area contributed by atoms with E-state index in [-0.39, 0.29) is 47.3 Å². The molecule has 2 aromatic carbocycles. The first kappa shape index (κ1) is 34.3. The normalized spacial score (nSPS) is 20.8. The van der Waals surface area contributed by atoms with Gasteiger partial charge in [0.15, 0.2) is 0 Å². The number of alkyl halides is 3. The largest absolute Gasteiger partial charge is 0.418 e. The van der Waals surface area contributed by atoms with Crippen LogP contribution < -0.4 is 16.4 Å². The number of nitrogens with two attached hydrogens (primary N) is 1. The van der Waals surface area contributed by atoms with Gasteiger partial charge in [-0.05, 0) is 61.4 Å². The minimum absolute atomic E-state index is 0.0467. The quantitative estimate of drug-likeness (QED) is 0.371. The van der Waals surface area contributed by atoms with Crippen LogP contribution in [0.4, 0.5) is 29.3 Å². The molecule has 1 atom stereocenters. The number of carbonyl (C=O) groups is 3. The zero-order chi connectivity index (χ0) is 34.0. The number of piperidine rings is 2. The van der Waals surface area contributed by atoms with Crippen LogP contribution in [0.1, 0.15) is 48.8 Å². The number of nitrogens with zero attached hydrogens (tertiary/aromatic N) is 4. The lowest BCUT2D eigenvalue weighted by atomic mass is 9.91. The summed E-state index contributed by atoms with van der Waals surface area (Å²) >= 11 is 6.13. The maximum Gasteiger partial charge on any atom is 0.418 e. The van der Waals surface area contributed by atoms with Gasteiger partial charge in [0.25, 0.3) is 0 Å². The van der Waals surface area contributed by atoms with Crippen LogP contribution in [-0.4, -0.2) is 102 Å². The van der Waals surface area contributed by atoms with Crippen molar-refractivity contribution >= 4 is 40.8 Å². The number of nitrogens with one attached hydrogen (secondary N) is 2. The molecule has 3 saturated heterocycles. The second kappa shape index (κ2) is 14.5. The van der Waals surface area contributed by atoms with Crippen molar-refractivity contribution in [3.8, 4) is 0 Å². The number of nitrogen functional groups attached to an aromatic ring is 1. The minimum Gasteiger partial charge on any atom is -0.397 e. The number of rotatable bonds is 7. The molecule has 0 radical (unpaired) electrons. The third-order valence-electron chi connectivity index (χ3n) is 10.3. The maximum atomic E-state index is 14.0. The van der Waals surface area contributed by atoms with E-state index in [0.717, 1.165) is 56.3 Å². The molecule has 0 aliphatic carbocycles. The van der Waals surface area contributed by atoms with Crippen LogP contribution in [0.15, 0.2) is 36.4 Å². The molecular weight excluding hydrogens is 647 g/mol. The lowest BCUT2D eigenvalue weighted by Crippen LogP contribution is -2.53. The molecule has 4 aliphatic rings. The SMILES string of the molecule is Nc1c(Cl)cc(C[C@@H](CC(=O)N2CCC(N3Cc4ccccc4NC3=O)CC2)C(=O)N2CCC(N3CCNCC3)CC2)cc1C(F)(F)F. The summed E-state index contributed by atoms with van der Waals surface area (Å²) in [5.41, 5.74) is 6.11. The number of carbonyl (C=O) groups excluding carboxylic acids is 3. The van der Waals surface area contributed by atoms with Gasteiger partial charge in [0.05, 0.1) is 22.2 Å². The Bertz CT molecular complexity index is 1500. The lowest BCUT2D eigenvalue weighted by molar-refractivity contribution is -0.143. The topological polar surface area (TPSA) is 114 Å². The Kier molecular flexibility index (Phi) is 10.4. The number of para-hydroxylation sites is 1. The number of urea groups is 1. The molecule has 4 amide bonds. The Morgan fingerprint density at radius 1 is 0.938 bits per heavy atom. The highest BCUT2D eigenvalue weighted by Crippen LogP contribution is 2.39. The van der Waals surface area contributed by atoms with Gasteiger partial charge in [0.2, 0.25) is 11.8 Å². The molecule has 4 aliphatic heterocycles. The number of likely N-dealkylation sites (tertiary alicyclic amines) is 2. The van der Waals surface area contributed by atoms with Gasteiger partial charge in [-0.3, -0.25) is 14.5 Å². The van der Waals surface area contributed by atoms with E-state index >= 15 is 0 Å². The Morgan fingerprint density at radius 3 is 2.27 bits per heavy atom. The molecule has 0 bridgehead atoms. The number of hydrogen-bond donors (Lipinski definition) is 3. The minimum atomic E-state index is -4.72. The standard InChI is InChI=1S/C34H43ClF3N7O3/c35-28-19-22(18-27(31(28)39)34(36,37)38)17-24(32(47)44-13-5-25(6-14-44)42-15-9-40-10-16-42)20-30(46)43-11-7-26(8-12-43)45-21-23-3-1-2-4-29(23)41-33(45)48/h1-4,18-19,24-26,40H,5-17,20-21,39H2,(H,41,48)/t24-/m0/s1. The number of halogens is 4. The highest BCUT2D eigenvalue weighted by molar-refractivity contribution is 6.33. The molecule has 0 aromatic heterocycles. The molecule has 14 heteroatoms. The second-order valence-electron chi connectivity index (χ2n) is 13.3. The Morgan fingerprint density at radius 2 is 1.58 bits per heavy atom. The fourth-order valence-electron chi connectivity index (χ4n) is 7.60. The average molecular weight is 690 g/mol. The highest BCUT2D eigenvalue weighted by atomic mass is 35.5. The van der Waals surface area contributed by atoms with Crippen molar-refractivity contribution in [1.29, 1.82) is 0 Å².